The summed E-state index contributed by atoms with van der Waals surface area (Å²) in [5, 5.41) is 1.29. The summed E-state index contributed by atoms with van der Waals surface area (Å²) >= 11 is 11.6. The fraction of sp³-hybridized carbons (Fsp3) is 0.222. The third-order valence-corrected chi connectivity index (χ3v) is 2.01. The van der Waals surface area contributed by atoms with Gasteiger partial charge in [0.15, 0.2) is 0 Å². The monoisotopic (exact) mass is 203 g/mol. The van der Waals surface area contributed by atoms with Gasteiger partial charge in [0.2, 0.25) is 0 Å². The van der Waals surface area contributed by atoms with Gasteiger partial charge >= 0.3 is 0 Å². The van der Waals surface area contributed by atoms with Crippen LogP contribution in [0.1, 0.15) is 12.5 Å². The van der Waals surface area contributed by atoms with E-state index in [1.807, 2.05) is 13.0 Å². The molecule has 1 radical (unpaired) electrons. The normalized spacial score (nSPS) is 10.2. The highest BCUT2D eigenvalue weighted by Gasteiger charge is 1.99. The summed E-state index contributed by atoms with van der Waals surface area (Å²) in [5.74, 6) is 0. The maximum absolute atomic E-state index is 5.89. The smallest absolute Gasteiger partial charge is 0.0810 e. The van der Waals surface area contributed by atoms with Gasteiger partial charge in [-0.15, -0.1) is 0 Å². The molecule has 12 heavy (non-hydrogen) atoms. The van der Waals surface area contributed by atoms with Gasteiger partial charge in [0, 0.05) is 10.0 Å². The van der Waals surface area contributed by atoms with Crippen LogP contribution in [-0.2, 0) is 11.3 Å². The maximum atomic E-state index is 5.89. The van der Waals surface area contributed by atoms with Gasteiger partial charge in [-0.3, -0.25) is 0 Å². The van der Waals surface area contributed by atoms with E-state index >= 15 is 0 Å². The second-order valence-corrected chi connectivity index (χ2v) is 3.13. The fourth-order valence-corrected chi connectivity index (χ4v) is 1.27. The molecule has 0 unspecified atom stereocenters. The Bertz CT molecular complexity index is 261. The van der Waals surface area contributed by atoms with E-state index in [1.165, 1.54) is 0 Å². The minimum atomic E-state index is 0.493. The number of benzene rings is 1. The van der Waals surface area contributed by atoms with E-state index in [-0.39, 0.29) is 0 Å². The Morgan fingerprint density at radius 1 is 1.42 bits per heavy atom. The molecule has 1 aromatic rings. The summed E-state index contributed by atoms with van der Waals surface area (Å²) in [7, 11) is 0. The molecule has 1 rings (SSSR count). The van der Waals surface area contributed by atoms with Crippen LogP contribution in [0.15, 0.2) is 18.2 Å². The van der Waals surface area contributed by atoms with Crippen LogP contribution in [0, 0.1) is 6.61 Å². The lowest BCUT2D eigenvalue weighted by atomic mass is 10.2. The maximum Gasteiger partial charge on any atom is 0.0810 e. The molecule has 0 aliphatic rings. The molecule has 65 valence electrons. The Kier molecular flexibility index (Phi) is 3.86. The van der Waals surface area contributed by atoms with E-state index < -0.39 is 0 Å². The lowest BCUT2D eigenvalue weighted by Crippen LogP contribution is -1.89. The van der Waals surface area contributed by atoms with Crippen molar-refractivity contribution in [1.82, 2.24) is 0 Å². The summed E-state index contributed by atoms with van der Waals surface area (Å²) < 4.78 is 5.09. The van der Waals surface area contributed by atoms with Crippen LogP contribution in [-0.4, -0.2) is 0 Å². The summed E-state index contributed by atoms with van der Waals surface area (Å²) in [6.45, 7) is 3.95. The summed E-state index contributed by atoms with van der Waals surface area (Å²) in [5.41, 5.74) is 0.944. The van der Waals surface area contributed by atoms with Crippen molar-refractivity contribution in [3.63, 3.8) is 0 Å². The molecule has 0 saturated carbocycles. The highest BCUT2D eigenvalue weighted by atomic mass is 35.5. The fourth-order valence-electron chi connectivity index (χ4n) is 0.812. The Morgan fingerprint density at radius 2 is 2.17 bits per heavy atom. The number of hydrogen-bond acceptors (Lipinski definition) is 1. The van der Waals surface area contributed by atoms with Crippen molar-refractivity contribution in [3.8, 4) is 0 Å². The molecule has 0 heterocycles. The molecule has 0 N–H and O–H groups in total. The first kappa shape index (κ1) is 9.85. The zero-order valence-corrected chi connectivity index (χ0v) is 8.19. The van der Waals surface area contributed by atoms with Gasteiger partial charge in [-0.1, -0.05) is 29.3 Å². The summed E-state index contributed by atoms with van der Waals surface area (Å²) in [4.78, 5) is 0. The lowest BCUT2D eigenvalue weighted by Gasteiger charge is -2.03. The van der Waals surface area contributed by atoms with Crippen LogP contribution < -0.4 is 0 Å². The first-order valence-corrected chi connectivity index (χ1v) is 4.33. The number of rotatable bonds is 3. The quantitative estimate of drug-likeness (QED) is 0.729. The van der Waals surface area contributed by atoms with E-state index in [0.717, 1.165) is 5.56 Å². The van der Waals surface area contributed by atoms with Gasteiger partial charge in [-0.2, -0.15) is 0 Å². The first-order valence-electron chi connectivity index (χ1n) is 3.57. The van der Waals surface area contributed by atoms with Gasteiger partial charge in [0.05, 0.1) is 13.2 Å². The topological polar surface area (TPSA) is 9.23 Å². The highest BCUT2D eigenvalue weighted by Crippen LogP contribution is 2.21. The zero-order valence-electron chi connectivity index (χ0n) is 6.68. The van der Waals surface area contributed by atoms with Crippen molar-refractivity contribution < 1.29 is 4.74 Å². The van der Waals surface area contributed by atoms with Crippen molar-refractivity contribution in [2.75, 3.05) is 0 Å². The molecule has 1 aromatic carbocycles. The zero-order chi connectivity index (χ0) is 8.97. The van der Waals surface area contributed by atoms with Gasteiger partial charge in [-0.05, 0) is 24.6 Å². The van der Waals surface area contributed by atoms with Crippen LogP contribution in [0.25, 0.3) is 0 Å². The van der Waals surface area contributed by atoms with Crippen molar-refractivity contribution in [1.29, 1.82) is 0 Å². The largest absolute Gasteiger partial charge is 0.371 e. The SMILES string of the molecule is C[CH]OCc1ccc(Cl)cc1Cl. The van der Waals surface area contributed by atoms with E-state index in [2.05, 4.69) is 0 Å². The van der Waals surface area contributed by atoms with Crippen LogP contribution in [0.4, 0.5) is 0 Å². The van der Waals surface area contributed by atoms with Crippen molar-refractivity contribution in [3.05, 3.63) is 40.4 Å². The summed E-state index contributed by atoms with van der Waals surface area (Å²) in [6.07, 6.45) is 0. The van der Waals surface area contributed by atoms with Crippen LogP contribution in [0.2, 0.25) is 10.0 Å². The number of hydrogen-bond donors (Lipinski definition) is 0. The third kappa shape index (κ3) is 2.67. The number of ether oxygens (including phenoxy) is 1. The molecule has 0 aromatic heterocycles. The standard InChI is InChI=1S/C9H9Cl2O/c1-2-12-6-7-3-4-8(10)5-9(7)11/h2-5H,6H2,1H3. The predicted octanol–water partition coefficient (Wildman–Crippen LogP) is 3.69. The van der Waals surface area contributed by atoms with Gasteiger partial charge in [0.25, 0.3) is 0 Å². The molecule has 1 nitrogen and oxygen atoms in total. The minimum absolute atomic E-state index is 0.493. The molecule has 3 heteroatoms. The van der Waals surface area contributed by atoms with Gasteiger partial charge in [0.1, 0.15) is 0 Å². The second kappa shape index (κ2) is 4.70. The molecular weight excluding hydrogens is 195 g/mol. The predicted molar refractivity (Wildman–Crippen MR) is 51.2 cm³/mol. The highest BCUT2D eigenvalue weighted by molar-refractivity contribution is 6.35. The van der Waals surface area contributed by atoms with Gasteiger partial charge < -0.3 is 4.74 Å². The third-order valence-electron chi connectivity index (χ3n) is 1.42. The molecule has 0 aliphatic heterocycles. The van der Waals surface area contributed by atoms with Crippen molar-refractivity contribution in [2.24, 2.45) is 0 Å². The second-order valence-electron chi connectivity index (χ2n) is 2.28. The van der Waals surface area contributed by atoms with E-state index in [4.69, 9.17) is 27.9 Å². The van der Waals surface area contributed by atoms with Crippen LogP contribution >= 0.6 is 23.2 Å². The molecular formula is C9H9Cl2O. The molecule has 0 atom stereocenters. The lowest BCUT2D eigenvalue weighted by molar-refractivity contribution is 0.191. The van der Waals surface area contributed by atoms with E-state index in [1.54, 1.807) is 18.7 Å². The molecule has 0 saturated heterocycles. The minimum Gasteiger partial charge on any atom is -0.371 e. The van der Waals surface area contributed by atoms with E-state index in [0.29, 0.717) is 16.7 Å². The first-order chi connectivity index (χ1) is 5.74. The van der Waals surface area contributed by atoms with Crippen molar-refractivity contribution in [2.45, 2.75) is 13.5 Å². The Morgan fingerprint density at radius 3 is 2.75 bits per heavy atom. The molecule has 0 aliphatic carbocycles. The average molecular weight is 204 g/mol. The molecule has 0 spiro atoms. The van der Waals surface area contributed by atoms with Crippen molar-refractivity contribution >= 4 is 23.2 Å². The van der Waals surface area contributed by atoms with E-state index in [9.17, 15) is 0 Å². The number of halogens is 2. The van der Waals surface area contributed by atoms with Gasteiger partial charge in [-0.25, -0.2) is 0 Å². The molecule has 0 bridgehead atoms. The summed E-state index contributed by atoms with van der Waals surface area (Å²) in [6, 6.07) is 5.35. The Balaban J connectivity index is 2.72. The molecule has 0 fully saturated rings. The molecule has 0 amide bonds. The Labute approximate surface area is 82.2 Å². The average Bonchev–Trinajstić information content (AvgIpc) is 2.03. The van der Waals surface area contributed by atoms with Crippen LogP contribution in [0.3, 0.4) is 0 Å². The van der Waals surface area contributed by atoms with Crippen LogP contribution in [0.5, 0.6) is 0 Å². The Hall–Kier alpha value is -0.240.